The highest BCUT2D eigenvalue weighted by molar-refractivity contribution is 6.04. The smallest absolute Gasteiger partial charge is 0.341 e. The Kier molecular flexibility index (Phi) is 3.74. The Hall–Kier alpha value is -2.44. The van der Waals surface area contributed by atoms with Gasteiger partial charge in [0.1, 0.15) is 17.3 Å². The van der Waals surface area contributed by atoms with Crippen LogP contribution >= 0.6 is 0 Å². The van der Waals surface area contributed by atoms with E-state index in [9.17, 15) is 4.79 Å². The zero-order valence-corrected chi connectivity index (χ0v) is 10.7. The zero-order valence-electron chi connectivity index (χ0n) is 10.7. The average Bonchev–Trinajstić information content (AvgIpc) is 2.39. The standard InChI is InChI=1S/C12H14N4O3/c1-3-18-11-8-9(13)7(12(17)19-4-2)5-14-10(8)15-6-16-11/h5-6H,3-4H2,1-2H3,(H2,13,14,15,16). The topological polar surface area (TPSA) is 100 Å². The lowest BCUT2D eigenvalue weighted by Crippen LogP contribution is -2.10. The van der Waals surface area contributed by atoms with E-state index >= 15 is 0 Å². The lowest BCUT2D eigenvalue weighted by atomic mass is 10.2. The number of esters is 1. The first-order valence-corrected chi connectivity index (χ1v) is 5.88. The van der Waals surface area contributed by atoms with Gasteiger partial charge in [-0.05, 0) is 13.8 Å². The van der Waals surface area contributed by atoms with Gasteiger partial charge < -0.3 is 15.2 Å². The summed E-state index contributed by atoms with van der Waals surface area (Å²) in [5.74, 6) is -0.218. The molecule has 0 aliphatic heterocycles. The fraction of sp³-hybridized carbons (Fsp3) is 0.333. The van der Waals surface area contributed by atoms with Crippen LogP contribution in [0.1, 0.15) is 24.2 Å². The number of rotatable bonds is 4. The largest absolute Gasteiger partial charge is 0.477 e. The van der Waals surface area contributed by atoms with Gasteiger partial charge in [-0.1, -0.05) is 0 Å². The maximum Gasteiger partial charge on any atom is 0.341 e. The molecule has 0 unspecified atom stereocenters. The van der Waals surface area contributed by atoms with Gasteiger partial charge in [0.2, 0.25) is 5.88 Å². The predicted molar refractivity (Wildman–Crippen MR) is 68.9 cm³/mol. The van der Waals surface area contributed by atoms with E-state index in [-0.39, 0.29) is 17.9 Å². The molecule has 0 amide bonds. The Balaban J connectivity index is 2.61. The van der Waals surface area contributed by atoms with E-state index in [1.165, 1.54) is 12.5 Å². The summed E-state index contributed by atoms with van der Waals surface area (Å²) in [4.78, 5) is 23.8. The summed E-state index contributed by atoms with van der Waals surface area (Å²) >= 11 is 0. The van der Waals surface area contributed by atoms with Crippen molar-refractivity contribution in [3.05, 3.63) is 18.1 Å². The number of carbonyl (C=O) groups is 1. The molecule has 19 heavy (non-hydrogen) atoms. The van der Waals surface area contributed by atoms with Crippen LogP contribution in [0.15, 0.2) is 12.5 Å². The third-order valence-electron chi connectivity index (χ3n) is 2.44. The molecule has 0 spiro atoms. The summed E-state index contributed by atoms with van der Waals surface area (Å²) < 4.78 is 10.3. The van der Waals surface area contributed by atoms with Gasteiger partial charge in [0, 0.05) is 6.20 Å². The summed E-state index contributed by atoms with van der Waals surface area (Å²) in [7, 11) is 0. The summed E-state index contributed by atoms with van der Waals surface area (Å²) in [5, 5.41) is 0.426. The molecule has 100 valence electrons. The lowest BCUT2D eigenvalue weighted by molar-refractivity contribution is 0.0527. The third-order valence-corrected chi connectivity index (χ3v) is 2.44. The molecule has 2 aromatic heterocycles. The number of hydrogen-bond acceptors (Lipinski definition) is 7. The third kappa shape index (κ3) is 2.40. The second-order valence-corrected chi connectivity index (χ2v) is 3.62. The maximum atomic E-state index is 11.8. The molecule has 7 nitrogen and oxygen atoms in total. The molecule has 2 rings (SSSR count). The molecule has 0 aliphatic carbocycles. The molecule has 0 aromatic carbocycles. The van der Waals surface area contributed by atoms with E-state index in [1.807, 2.05) is 6.92 Å². The summed E-state index contributed by atoms with van der Waals surface area (Å²) in [6.45, 7) is 4.24. The molecule has 2 heterocycles. The molecule has 0 bridgehead atoms. The first-order chi connectivity index (χ1) is 9.19. The van der Waals surface area contributed by atoms with Crippen LogP contribution in [0.25, 0.3) is 11.0 Å². The van der Waals surface area contributed by atoms with Crippen molar-refractivity contribution < 1.29 is 14.3 Å². The highest BCUT2D eigenvalue weighted by Gasteiger charge is 2.18. The zero-order chi connectivity index (χ0) is 13.8. The second-order valence-electron chi connectivity index (χ2n) is 3.62. The molecule has 0 atom stereocenters. The SMILES string of the molecule is CCOC(=O)c1cnc2ncnc(OCC)c2c1N. The van der Waals surface area contributed by atoms with Crippen LogP contribution < -0.4 is 10.5 Å². The van der Waals surface area contributed by atoms with Gasteiger partial charge in [-0.2, -0.15) is 0 Å². The first-order valence-electron chi connectivity index (χ1n) is 5.88. The number of nitrogens with zero attached hydrogens (tertiary/aromatic N) is 3. The van der Waals surface area contributed by atoms with E-state index < -0.39 is 5.97 Å². The highest BCUT2D eigenvalue weighted by atomic mass is 16.5. The Morgan fingerprint density at radius 1 is 1.26 bits per heavy atom. The van der Waals surface area contributed by atoms with Crippen LogP contribution in [0, 0.1) is 0 Å². The van der Waals surface area contributed by atoms with E-state index in [0.29, 0.717) is 23.5 Å². The Morgan fingerprint density at radius 3 is 2.74 bits per heavy atom. The van der Waals surface area contributed by atoms with Gasteiger partial charge in [-0.3, -0.25) is 0 Å². The van der Waals surface area contributed by atoms with Crippen LogP contribution in [0.4, 0.5) is 5.69 Å². The summed E-state index contributed by atoms with van der Waals surface area (Å²) in [6, 6.07) is 0. The monoisotopic (exact) mass is 262 g/mol. The molecule has 0 saturated carbocycles. The molecule has 0 radical (unpaired) electrons. The minimum Gasteiger partial charge on any atom is -0.477 e. The van der Waals surface area contributed by atoms with Crippen molar-refractivity contribution >= 4 is 22.7 Å². The quantitative estimate of drug-likeness (QED) is 0.825. The minimum atomic E-state index is -0.527. The van der Waals surface area contributed by atoms with Crippen LogP contribution in [0.2, 0.25) is 0 Å². The normalized spacial score (nSPS) is 10.4. The molecule has 2 N–H and O–H groups in total. The highest BCUT2D eigenvalue weighted by Crippen LogP contribution is 2.29. The number of nitrogen functional groups attached to an aromatic ring is 1. The summed E-state index contributed by atoms with van der Waals surface area (Å²) in [6.07, 6.45) is 2.68. The second kappa shape index (κ2) is 5.47. The van der Waals surface area contributed by atoms with Gasteiger partial charge in [-0.25, -0.2) is 19.7 Å². The van der Waals surface area contributed by atoms with Crippen molar-refractivity contribution in [2.75, 3.05) is 18.9 Å². The fourth-order valence-electron chi connectivity index (χ4n) is 1.64. The molecule has 0 fully saturated rings. The summed E-state index contributed by atoms with van der Waals surface area (Å²) in [5.41, 5.74) is 6.76. The van der Waals surface area contributed by atoms with E-state index in [2.05, 4.69) is 15.0 Å². The van der Waals surface area contributed by atoms with Crippen molar-refractivity contribution in [2.24, 2.45) is 0 Å². The predicted octanol–water partition coefficient (Wildman–Crippen LogP) is 1.18. The fourth-order valence-corrected chi connectivity index (χ4v) is 1.64. The number of ether oxygens (including phenoxy) is 2. The van der Waals surface area contributed by atoms with E-state index in [1.54, 1.807) is 6.92 Å². The number of aromatic nitrogens is 3. The Labute approximate surface area is 109 Å². The molecular weight excluding hydrogens is 248 g/mol. The minimum absolute atomic E-state index is 0.185. The van der Waals surface area contributed by atoms with Gasteiger partial charge in [0.05, 0.1) is 18.9 Å². The van der Waals surface area contributed by atoms with E-state index in [4.69, 9.17) is 15.2 Å². The number of nitrogens with two attached hydrogens (primary N) is 1. The van der Waals surface area contributed by atoms with Crippen molar-refractivity contribution in [1.29, 1.82) is 0 Å². The molecule has 2 aromatic rings. The van der Waals surface area contributed by atoms with Gasteiger partial charge >= 0.3 is 5.97 Å². The van der Waals surface area contributed by atoms with Crippen molar-refractivity contribution in [3.63, 3.8) is 0 Å². The lowest BCUT2D eigenvalue weighted by Gasteiger charge is -2.10. The molecule has 7 heteroatoms. The van der Waals surface area contributed by atoms with Gasteiger partial charge in [-0.15, -0.1) is 0 Å². The van der Waals surface area contributed by atoms with Crippen LogP contribution in [-0.2, 0) is 4.74 Å². The van der Waals surface area contributed by atoms with Crippen LogP contribution in [0.3, 0.4) is 0 Å². The molecule has 0 aliphatic rings. The number of anilines is 1. The van der Waals surface area contributed by atoms with Crippen molar-refractivity contribution in [1.82, 2.24) is 15.0 Å². The van der Waals surface area contributed by atoms with Gasteiger partial charge in [0.25, 0.3) is 0 Å². The van der Waals surface area contributed by atoms with Gasteiger partial charge in [0.15, 0.2) is 5.65 Å². The number of carbonyl (C=O) groups excluding carboxylic acids is 1. The van der Waals surface area contributed by atoms with E-state index in [0.717, 1.165) is 0 Å². The Bertz CT molecular complexity index is 615. The average molecular weight is 262 g/mol. The number of fused-ring (bicyclic) bond motifs is 1. The molecule has 0 saturated heterocycles. The number of pyridine rings is 1. The van der Waals surface area contributed by atoms with Crippen LogP contribution in [-0.4, -0.2) is 34.1 Å². The molecular formula is C12H14N4O3. The number of hydrogen-bond donors (Lipinski definition) is 1. The van der Waals surface area contributed by atoms with Crippen molar-refractivity contribution in [2.45, 2.75) is 13.8 Å². The first kappa shape index (κ1) is 13.0. The van der Waals surface area contributed by atoms with Crippen molar-refractivity contribution in [3.8, 4) is 5.88 Å². The van der Waals surface area contributed by atoms with Crippen LogP contribution in [0.5, 0.6) is 5.88 Å². The maximum absolute atomic E-state index is 11.8. The Morgan fingerprint density at radius 2 is 2.05 bits per heavy atom.